The van der Waals surface area contributed by atoms with Gasteiger partial charge in [-0.05, 0) is 116 Å². The van der Waals surface area contributed by atoms with Gasteiger partial charge in [0.2, 0.25) is 11.8 Å². The number of hydrogen-bond donors (Lipinski definition) is 0. The van der Waals surface area contributed by atoms with Crippen molar-refractivity contribution < 1.29 is 45.4 Å². The second-order valence-electron chi connectivity index (χ2n) is 18.1. The highest BCUT2D eigenvalue weighted by Crippen LogP contribution is 2.33. The minimum atomic E-state index is -3.29. The smallest absolute Gasteiger partial charge is 0.410 e. The Bertz CT molecular complexity index is 2730. The van der Waals surface area contributed by atoms with Crippen LogP contribution in [-0.4, -0.2) is 128 Å². The Labute approximate surface area is 383 Å². The van der Waals surface area contributed by atoms with Crippen LogP contribution in [0.4, 0.5) is 9.59 Å². The predicted octanol–water partition coefficient (Wildman–Crippen LogP) is 7.19. The molecule has 66 heavy (non-hydrogen) atoms. The zero-order chi connectivity index (χ0) is 47.6. The van der Waals surface area contributed by atoms with Crippen LogP contribution in [0.25, 0.3) is 22.1 Å². The van der Waals surface area contributed by atoms with E-state index >= 15 is 0 Å². The topological polar surface area (TPSA) is 233 Å². The van der Waals surface area contributed by atoms with Crippen molar-refractivity contribution in [3.63, 3.8) is 0 Å². The minimum Gasteiger partial charge on any atom is -0.444 e. The number of benzene rings is 2. The van der Waals surface area contributed by atoms with Crippen LogP contribution in [0, 0.1) is 0 Å². The van der Waals surface area contributed by atoms with Gasteiger partial charge in [-0.2, -0.15) is 10.2 Å². The standard InChI is InChI=1S/2C22H27N5O5S/c2*1-22(2,3)32-21(28)26-11-5-6-15(13-26)27-19-18(12-25-27)20(24-14-23-19)31-16-7-9-17(10-8-16)33(4,29)30/h2*7-10,12,14-15H,5-6,11,13H2,1-4H3/t2*15-/m10/s1. The molecule has 22 heteroatoms. The van der Waals surface area contributed by atoms with Crippen molar-refractivity contribution in [3.8, 4) is 23.3 Å². The minimum absolute atomic E-state index is 0.0550. The second-order valence-corrected chi connectivity index (χ2v) is 22.2. The number of carbonyl (C=O) groups excluding carboxylic acids is 2. The molecule has 2 saturated heterocycles. The van der Waals surface area contributed by atoms with Gasteiger partial charge >= 0.3 is 12.2 Å². The number of ether oxygens (including phenoxy) is 4. The fraction of sp³-hybridized carbons (Fsp3) is 0.455. The van der Waals surface area contributed by atoms with E-state index in [1.807, 2.05) is 41.5 Å². The van der Waals surface area contributed by atoms with E-state index in [1.165, 1.54) is 36.9 Å². The molecule has 0 bridgehead atoms. The third kappa shape index (κ3) is 11.7. The SMILES string of the molecule is CC(C)(C)OC(=O)N1CCC[C@@H](n2ncc3c(Oc4ccc(S(C)(=O)=O)cc4)ncnc32)C1.CC(C)(C)OC(=O)N1CCC[C@H](n2ncc3c(Oc4ccc(S(C)(=O)=O)cc4)ncnc32)C1. The highest BCUT2D eigenvalue weighted by atomic mass is 32.2. The summed E-state index contributed by atoms with van der Waals surface area (Å²) >= 11 is 0. The number of hydrogen-bond acceptors (Lipinski definition) is 16. The normalized spacial score (nSPS) is 17.2. The van der Waals surface area contributed by atoms with Gasteiger partial charge in [-0.3, -0.25) is 0 Å². The van der Waals surface area contributed by atoms with Gasteiger partial charge in [0.05, 0.1) is 34.3 Å². The molecule has 6 heterocycles. The number of nitrogens with zero attached hydrogens (tertiary/aromatic N) is 10. The van der Waals surface area contributed by atoms with E-state index in [2.05, 4.69) is 30.1 Å². The van der Waals surface area contributed by atoms with Gasteiger partial charge in [0, 0.05) is 38.7 Å². The van der Waals surface area contributed by atoms with Crippen LogP contribution >= 0.6 is 0 Å². The molecule has 2 fully saturated rings. The quantitative estimate of drug-likeness (QED) is 0.147. The average Bonchev–Trinajstić information content (AvgIpc) is 3.89. The van der Waals surface area contributed by atoms with Crippen molar-refractivity contribution in [2.45, 2.75) is 100 Å². The summed E-state index contributed by atoms with van der Waals surface area (Å²) in [4.78, 5) is 46.1. The molecule has 8 rings (SSSR count). The van der Waals surface area contributed by atoms with E-state index in [1.54, 1.807) is 55.8 Å². The van der Waals surface area contributed by atoms with Gasteiger partial charge < -0.3 is 28.7 Å². The first-order valence-corrected chi connectivity index (χ1v) is 25.1. The van der Waals surface area contributed by atoms with E-state index in [0.29, 0.717) is 71.5 Å². The molecular formula is C44H54N10O10S2. The van der Waals surface area contributed by atoms with Crippen LogP contribution < -0.4 is 9.47 Å². The van der Waals surface area contributed by atoms with Gasteiger partial charge in [-0.25, -0.2) is 55.7 Å². The van der Waals surface area contributed by atoms with Crippen LogP contribution in [0.5, 0.6) is 23.3 Å². The molecule has 0 aliphatic carbocycles. The molecule has 2 aliphatic heterocycles. The molecule has 0 spiro atoms. The Hall–Kier alpha value is -6.42. The first kappa shape index (κ1) is 47.5. The van der Waals surface area contributed by atoms with Crippen molar-refractivity contribution in [2.24, 2.45) is 0 Å². The maximum Gasteiger partial charge on any atom is 0.410 e. The zero-order valence-corrected chi connectivity index (χ0v) is 39.7. The van der Waals surface area contributed by atoms with Gasteiger partial charge in [0.15, 0.2) is 31.0 Å². The monoisotopic (exact) mass is 946 g/mol. The Morgan fingerprint density at radius 2 is 0.939 bits per heavy atom. The molecule has 352 valence electrons. The van der Waals surface area contributed by atoms with Crippen molar-refractivity contribution in [3.05, 3.63) is 73.6 Å². The zero-order valence-electron chi connectivity index (χ0n) is 38.1. The van der Waals surface area contributed by atoms with Gasteiger partial charge in [0.25, 0.3) is 0 Å². The molecule has 0 radical (unpaired) electrons. The van der Waals surface area contributed by atoms with Crippen molar-refractivity contribution in [1.29, 1.82) is 0 Å². The number of fused-ring (bicyclic) bond motifs is 2. The lowest BCUT2D eigenvalue weighted by molar-refractivity contribution is 0.0159. The second kappa shape index (κ2) is 18.8. The summed E-state index contributed by atoms with van der Waals surface area (Å²) < 4.78 is 73.1. The number of piperidine rings is 2. The van der Waals surface area contributed by atoms with Crippen LogP contribution in [0.3, 0.4) is 0 Å². The summed E-state index contributed by atoms with van der Waals surface area (Å²) in [5.74, 6) is 1.53. The lowest BCUT2D eigenvalue weighted by Gasteiger charge is -2.34. The van der Waals surface area contributed by atoms with Crippen LogP contribution in [0.2, 0.25) is 0 Å². The van der Waals surface area contributed by atoms with Gasteiger partial charge in [0.1, 0.15) is 46.1 Å². The third-order valence-electron chi connectivity index (χ3n) is 10.4. The predicted molar refractivity (Wildman–Crippen MR) is 242 cm³/mol. The molecule has 2 aliphatic rings. The number of rotatable bonds is 8. The van der Waals surface area contributed by atoms with Crippen molar-refractivity contribution >= 4 is 53.9 Å². The van der Waals surface area contributed by atoms with Gasteiger partial charge in [-0.15, -0.1) is 0 Å². The van der Waals surface area contributed by atoms with Crippen LogP contribution in [0.15, 0.2) is 83.4 Å². The first-order chi connectivity index (χ1) is 31.0. The Morgan fingerprint density at radius 1 is 0.576 bits per heavy atom. The fourth-order valence-corrected chi connectivity index (χ4v) is 8.67. The lowest BCUT2D eigenvalue weighted by Crippen LogP contribution is -2.43. The highest BCUT2D eigenvalue weighted by Gasteiger charge is 2.32. The van der Waals surface area contributed by atoms with E-state index in [4.69, 9.17) is 18.9 Å². The van der Waals surface area contributed by atoms with Gasteiger partial charge in [-0.1, -0.05) is 0 Å². The largest absolute Gasteiger partial charge is 0.444 e. The number of sulfone groups is 2. The van der Waals surface area contributed by atoms with Crippen LogP contribution in [-0.2, 0) is 29.1 Å². The lowest BCUT2D eigenvalue weighted by atomic mass is 10.1. The Kier molecular flexibility index (Phi) is 13.6. The first-order valence-electron chi connectivity index (χ1n) is 21.3. The molecule has 2 amide bonds. The van der Waals surface area contributed by atoms with Crippen LogP contribution in [0.1, 0.15) is 79.3 Å². The van der Waals surface area contributed by atoms with E-state index in [9.17, 15) is 26.4 Å². The molecule has 4 aromatic heterocycles. The molecule has 2 aromatic carbocycles. The molecule has 0 N–H and O–H groups in total. The Morgan fingerprint density at radius 3 is 1.27 bits per heavy atom. The summed E-state index contributed by atoms with van der Waals surface area (Å²) in [7, 11) is -6.58. The molecule has 0 saturated carbocycles. The summed E-state index contributed by atoms with van der Waals surface area (Å²) in [5, 5.41) is 10.3. The molecule has 20 nitrogen and oxygen atoms in total. The number of carbonyl (C=O) groups is 2. The maximum atomic E-state index is 12.5. The molecule has 0 unspecified atom stereocenters. The number of amides is 2. The van der Waals surface area contributed by atoms with E-state index < -0.39 is 30.9 Å². The Balaban J connectivity index is 0.000000196. The summed E-state index contributed by atoms with van der Waals surface area (Å²) in [6.07, 6.45) is 11.1. The number of aromatic nitrogens is 8. The molecule has 6 aromatic rings. The average molecular weight is 947 g/mol. The third-order valence-corrected chi connectivity index (χ3v) is 12.7. The fourth-order valence-electron chi connectivity index (χ4n) is 7.41. The number of likely N-dealkylation sites (tertiary alicyclic amines) is 2. The van der Waals surface area contributed by atoms with E-state index in [0.717, 1.165) is 38.2 Å². The summed E-state index contributed by atoms with van der Waals surface area (Å²) in [5.41, 5.74) is 0.0932. The van der Waals surface area contributed by atoms with Crippen molar-refractivity contribution in [2.75, 3.05) is 38.7 Å². The highest BCUT2D eigenvalue weighted by molar-refractivity contribution is 7.91. The van der Waals surface area contributed by atoms with E-state index in [-0.39, 0.29) is 34.1 Å². The van der Waals surface area contributed by atoms with Crippen molar-refractivity contribution in [1.82, 2.24) is 49.3 Å². The summed E-state index contributed by atoms with van der Waals surface area (Å²) in [6, 6.07) is 12.1. The maximum absolute atomic E-state index is 12.5. The molecule has 2 atom stereocenters. The summed E-state index contributed by atoms with van der Waals surface area (Å²) in [6.45, 7) is 13.3. The molecular weight excluding hydrogens is 893 g/mol.